The molecule has 6 nitrogen and oxygen atoms in total. The van der Waals surface area contributed by atoms with Crippen molar-refractivity contribution in [3.05, 3.63) is 4.91 Å². The van der Waals surface area contributed by atoms with Crippen LogP contribution >= 0.6 is 11.9 Å². The van der Waals surface area contributed by atoms with Gasteiger partial charge in [0.1, 0.15) is 6.04 Å². The van der Waals surface area contributed by atoms with Crippen molar-refractivity contribution in [1.29, 1.82) is 0 Å². The third kappa shape index (κ3) is 4.72. The van der Waals surface area contributed by atoms with Crippen molar-refractivity contribution >= 4 is 23.8 Å². The first-order valence-electron chi connectivity index (χ1n) is 5.63. The molecule has 0 unspecified atom stereocenters. The van der Waals surface area contributed by atoms with E-state index in [1.165, 1.54) is 13.8 Å². The molecule has 0 spiro atoms. The van der Waals surface area contributed by atoms with Gasteiger partial charge in [-0.1, -0.05) is 20.7 Å². The van der Waals surface area contributed by atoms with Crippen molar-refractivity contribution in [2.24, 2.45) is 10.00 Å². The predicted octanol–water partition coefficient (Wildman–Crippen LogP) is 1.80. The van der Waals surface area contributed by atoms with E-state index in [0.29, 0.717) is 11.9 Å². The molecule has 98 valence electrons. The monoisotopic (exact) mass is 263 g/mol. The summed E-state index contributed by atoms with van der Waals surface area (Å²) in [6.07, 6.45) is 0. The Labute approximate surface area is 106 Å². The lowest BCUT2D eigenvalue weighted by atomic mass is 9.93. The zero-order valence-electron chi connectivity index (χ0n) is 11.3. The summed E-state index contributed by atoms with van der Waals surface area (Å²) in [5.41, 5.74) is -0.983. The summed E-state index contributed by atoms with van der Waals surface area (Å²) in [6.45, 7) is 5.95. The number of aliphatic carboxylic acids is 1. The molecule has 2 N–H and O–H groups in total. The molecule has 0 aliphatic carbocycles. The van der Waals surface area contributed by atoms with Gasteiger partial charge < -0.3 is 10.4 Å². The molecule has 1 atom stereocenters. The van der Waals surface area contributed by atoms with Crippen LogP contribution in [0.1, 0.15) is 36.0 Å². The van der Waals surface area contributed by atoms with Gasteiger partial charge in [0, 0.05) is 23.3 Å². The molecule has 1 amide bonds. The number of carboxylic acids is 1. The first-order chi connectivity index (χ1) is 8.08. The first kappa shape index (κ1) is 14.0. The van der Waals surface area contributed by atoms with E-state index in [1.54, 1.807) is 13.8 Å². The second kappa shape index (κ2) is 5.48. The van der Waals surface area contributed by atoms with Crippen molar-refractivity contribution in [2.75, 3.05) is 0 Å². The van der Waals surface area contributed by atoms with Crippen molar-refractivity contribution in [1.82, 2.24) is 5.32 Å². The lowest BCUT2D eigenvalue weighted by Crippen LogP contribution is -2.54. The van der Waals surface area contributed by atoms with Gasteiger partial charge in [0.25, 0.3) is 0 Å². The van der Waals surface area contributed by atoms with E-state index >= 15 is 0 Å². The van der Waals surface area contributed by atoms with E-state index in [9.17, 15) is 14.5 Å². The number of amides is 1. The Morgan fingerprint density at radius 2 is 1.94 bits per heavy atom. The molecule has 0 heterocycles. The van der Waals surface area contributed by atoms with Gasteiger partial charge in [-0.2, -0.15) is 0 Å². The highest BCUT2D eigenvalue weighted by Gasteiger charge is 2.39. The number of hydrogen-bond acceptors (Lipinski definition) is 5. The molecule has 0 aliphatic heterocycles. The summed E-state index contributed by atoms with van der Waals surface area (Å²) >= 11 is 0.557. The molecule has 0 aromatic heterocycles. The van der Waals surface area contributed by atoms with Gasteiger partial charge in [-0.3, -0.25) is 4.79 Å². The Balaban J connectivity index is 5.02. The lowest BCUT2D eigenvalue weighted by Gasteiger charge is -2.30. The summed E-state index contributed by atoms with van der Waals surface area (Å²) in [4.78, 5) is 33.3. The molecular formula is C10H18N2O4S. The van der Waals surface area contributed by atoms with Crippen LogP contribution < -0.4 is 5.32 Å². The maximum Gasteiger partial charge on any atom is 0.327 e. The average Bonchev–Trinajstić information content (AvgIpc) is 2.24. The molecule has 0 rings (SSSR count). The highest BCUT2D eigenvalue weighted by Crippen LogP contribution is 2.29. The highest BCUT2D eigenvalue weighted by molar-refractivity contribution is 7.99. The fraction of sp³-hybridized carbons (Fsp3) is 0.800. The minimum absolute atomic E-state index is 0.162. The largest absolute Gasteiger partial charge is 0.480 e. The van der Waals surface area contributed by atoms with Gasteiger partial charge in [0.15, 0.2) is 0 Å². The molecular weight excluding hydrogens is 244 g/mol. The smallest absolute Gasteiger partial charge is 0.327 e. The van der Waals surface area contributed by atoms with Gasteiger partial charge >= 0.3 is 5.97 Å². The quantitative estimate of drug-likeness (QED) is 0.582. The Kier molecular flexibility index (Phi) is 4.50. The molecule has 0 bridgehead atoms. The van der Waals surface area contributed by atoms with Crippen LogP contribution in [0.25, 0.3) is 0 Å². The van der Waals surface area contributed by atoms with Gasteiger partial charge in [0.2, 0.25) is 5.91 Å². The highest BCUT2D eigenvalue weighted by atomic mass is 32.2. The standard InChI is InChI=1S/C10H18N2O4S/c1-9(2,3)8(15)11-6(7(13)14)10(4,5)17-12-16/h6H,1-5H3,(H,11,15)(H,13,14)/t6-/m1/s1/i1D. The van der Waals surface area contributed by atoms with Crippen LogP contribution in [0.2, 0.25) is 0 Å². The van der Waals surface area contributed by atoms with E-state index in [-0.39, 0.29) is 6.90 Å². The number of nitroso groups, excluding NO2 is 1. The lowest BCUT2D eigenvalue weighted by molar-refractivity contribution is -0.144. The Morgan fingerprint density at radius 3 is 2.29 bits per heavy atom. The van der Waals surface area contributed by atoms with E-state index in [4.69, 9.17) is 6.48 Å². The summed E-state index contributed by atoms with van der Waals surface area (Å²) in [6, 6.07) is -1.25. The Hall–Kier alpha value is -1.11. The number of carbonyl (C=O) groups excluding carboxylic acids is 1. The molecule has 0 saturated carbocycles. The van der Waals surface area contributed by atoms with Crippen LogP contribution in [0.5, 0.6) is 0 Å². The fourth-order valence-electron chi connectivity index (χ4n) is 1.01. The molecule has 0 aromatic rings. The minimum atomic E-state index is -1.25. The van der Waals surface area contributed by atoms with Gasteiger partial charge in [-0.05, 0) is 13.8 Å². The maximum atomic E-state index is 11.8. The number of rotatable bonds is 5. The number of hydrogen-bond donors (Lipinski definition) is 2. The van der Waals surface area contributed by atoms with Gasteiger partial charge in [-0.15, -0.1) is 4.91 Å². The van der Waals surface area contributed by atoms with Crippen LogP contribution in [0, 0.1) is 10.3 Å². The van der Waals surface area contributed by atoms with Crippen LogP contribution in [-0.2, 0) is 9.59 Å². The van der Waals surface area contributed by atoms with Crippen LogP contribution in [0.15, 0.2) is 4.58 Å². The van der Waals surface area contributed by atoms with Crippen molar-refractivity contribution in [3.8, 4) is 0 Å². The van der Waals surface area contributed by atoms with Gasteiger partial charge in [0.05, 0.1) is 4.75 Å². The van der Waals surface area contributed by atoms with Crippen LogP contribution in [-0.4, -0.2) is 27.8 Å². The molecule has 0 aromatic carbocycles. The summed E-state index contributed by atoms with van der Waals surface area (Å²) in [5.74, 6) is -1.78. The minimum Gasteiger partial charge on any atom is -0.480 e. The molecule has 7 heteroatoms. The second-order valence-corrected chi connectivity index (χ2v) is 6.28. The van der Waals surface area contributed by atoms with Crippen molar-refractivity contribution in [2.45, 2.75) is 45.4 Å². The summed E-state index contributed by atoms with van der Waals surface area (Å²) in [7, 11) is 0. The third-order valence-electron chi connectivity index (χ3n) is 2.10. The van der Waals surface area contributed by atoms with E-state index in [1.807, 2.05) is 0 Å². The third-order valence-corrected chi connectivity index (χ3v) is 2.89. The number of carboxylic acid groups (broad SMARTS) is 1. The molecule has 17 heavy (non-hydrogen) atoms. The van der Waals surface area contributed by atoms with E-state index < -0.39 is 28.1 Å². The molecule has 0 saturated heterocycles. The van der Waals surface area contributed by atoms with Crippen LogP contribution in [0.3, 0.4) is 0 Å². The van der Waals surface area contributed by atoms with Crippen molar-refractivity contribution in [3.63, 3.8) is 0 Å². The predicted molar refractivity (Wildman–Crippen MR) is 66.5 cm³/mol. The summed E-state index contributed by atoms with van der Waals surface area (Å²) < 4.78 is 8.79. The van der Waals surface area contributed by atoms with Crippen molar-refractivity contribution < 1.29 is 16.1 Å². The SMILES string of the molecule is [2H]CC(C)(C)C(=O)N[C@H](C(=O)O)C(C)(C)SN=O. The summed E-state index contributed by atoms with van der Waals surface area (Å²) in [5, 5.41) is 11.5. The Bertz CT molecular complexity index is 347. The van der Waals surface area contributed by atoms with Gasteiger partial charge in [-0.25, -0.2) is 4.79 Å². The zero-order chi connectivity index (χ0) is 14.6. The number of nitrogens with zero attached hydrogens (tertiary/aromatic N) is 1. The van der Waals surface area contributed by atoms with Crippen LogP contribution in [0.4, 0.5) is 0 Å². The van der Waals surface area contributed by atoms with E-state index in [2.05, 4.69) is 9.90 Å². The Morgan fingerprint density at radius 1 is 1.41 bits per heavy atom. The fourth-order valence-corrected chi connectivity index (χ4v) is 1.47. The first-order valence-corrected chi connectivity index (χ1v) is 5.69. The molecule has 0 fully saturated rings. The van der Waals surface area contributed by atoms with E-state index in [0.717, 1.165) is 0 Å². The second-order valence-electron chi connectivity index (χ2n) is 4.90. The molecule has 0 aliphatic rings. The zero-order valence-corrected chi connectivity index (χ0v) is 11.1. The normalized spacial score (nSPS) is 14.7. The topological polar surface area (TPSA) is 95.8 Å². The number of nitrogens with one attached hydrogen (secondary N) is 1. The average molecular weight is 263 g/mol. The maximum absolute atomic E-state index is 11.8. The number of carbonyl (C=O) groups is 2. The molecule has 0 radical (unpaired) electrons.